The number of rotatable bonds is 3. The zero-order chi connectivity index (χ0) is 13.2. The van der Waals surface area contributed by atoms with E-state index in [-0.39, 0.29) is 0 Å². The Kier molecular flexibility index (Phi) is 4.63. The average Bonchev–Trinajstić information content (AvgIpc) is 2.32. The van der Waals surface area contributed by atoms with Crippen LogP contribution in [-0.4, -0.2) is 17.5 Å². The van der Waals surface area contributed by atoms with Crippen LogP contribution in [0, 0.1) is 5.41 Å². The Balaban J connectivity index is 2.07. The lowest BCUT2D eigenvalue weighted by Gasteiger charge is -2.40. The monoisotopic (exact) mass is 283 g/mol. The molecule has 1 heterocycles. The molecule has 2 atom stereocenters. The summed E-state index contributed by atoms with van der Waals surface area (Å²) in [5.41, 5.74) is 1.58. The zero-order valence-corrected chi connectivity index (χ0v) is 12.9. The van der Waals surface area contributed by atoms with Gasteiger partial charge in [0.1, 0.15) is 0 Å². The Bertz CT molecular complexity index is 405. The zero-order valence-electron chi connectivity index (χ0n) is 11.4. The van der Waals surface area contributed by atoms with Crippen molar-refractivity contribution in [2.75, 3.05) is 11.5 Å². The SMILES string of the molecule is C[C@@H](NC1CSCCC1(C)C)c1ccccc1Cl. The fraction of sp³-hybridized carbons (Fsp3) is 0.600. The molecule has 1 aromatic rings. The highest BCUT2D eigenvalue weighted by atomic mass is 35.5. The summed E-state index contributed by atoms with van der Waals surface area (Å²) in [5, 5.41) is 4.62. The van der Waals surface area contributed by atoms with Crippen LogP contribution in [0.5, 0.6) is 0 Å². The molecule has 3 heteroatoms. The van der Waals surface area contributed by atoms with Crippen LogP contribution in [0.3, 0.4) is 0 Å². The quantitative estimate of drug-likeness (QED) is 0.875. The van der Waals surface area contributed by atoms with Gasteiger partial charge in [0.25, 0.3) is 0 Å². The van der Waals surface area contributed by atoms with Crippen molar-refractivity contribution in [2.24, 2.45) is 5.41 Å². The van der Waals surface area contributed by atoms with Crippen LogP contribution >= 0.6 is 23.4 Å². The molecule has 2 rings (SSSR count). The molecule has 0 aliphatic carbocycles. The molecule has 0 spiro atoms. The molecule has 0 aromatic heterocycles. The third kappa shape index (κ3) is 3.23. The number of thioether (sulfide) groups is 1. The molecule has 1 fully saturated rings. The van der Waals surface area contributed by atoms with Gasteiger partial charge in [0.05, 0.1) is 0 Å². The van der Waals surface area contributed by atoms with Gasteiger partial charge in [0.15, 0.2) is 0 Å². The van der Waals surface area contributed by atoms with E-state index in [1.54, 1.807) is 0 Å². The Labute approximate surface area is 120 Å². The van der Waals surface area contributed by atoms with Gasteiger partial charge >= 0.3 is 0 Å². The average molecular weight is 284 g/mol. The maximum Gasteiger partial charge on any atom is 0.0453 e. The van der Waals surface area contributed by atoms with Gasteiger partial charge in [-0.1, -0.05) is 43.6 Å². The van der Waals surface area contributed by atoms with Crippen molar-refractivity contribution < 1.29 is 0 Å². The lowest BCUT2D eigenvalue weighted by molar-refractivity contribution is 0.232. The minimum Gasteiger partial charge on any atom is -0.306 e. The first-order chi connectivity index (χ1) is 8.50. The molecule has 1 N–H and O–H groups in total. The summed E-state index contributed by atoms with van der Waals surface area (Å²) < 4.78 is 0. The molecular formula is C15H22ClNS. The second kappa shape index (κ2) is 5.85. The second-order valence-corrected chi connectivity index (χ2v) is 7.33. The normalized spacial score (nSPS) is 24.8. The summed E-state index contributed by atoms with van der Waals surface area (Å²) in [7, 11) is 0. The summed E-state index contributed by atoms with van der Waals surface area (Å²) in [6, 6.07) is 8.99. The first-order valence-electron chi connectivity index (χ1n) is 6.59. The molecule has 100 valence electrons. The molecule has 1 aliphatic heterocycles. The van der Waals surface area contributed by atoms with Gasteiger partial charge in [-0.2, -0.15) is 11.8 Å². The number of halogens is 1. The minimum atomic E-state index is 0.307. The van der Waals surface area contributed by atoms with Gasteiger partial charge in [-0.15, -0.1) is 0 Å². The van der Waals surface area contributed by atoms with E-state index in [1.165, 1.54) is 23.5 Å². The van der Waals surface area contributed by atoms with Crippen molar-refractivity contribution in [3.63, 3.8) is 0 Å². The third-order valence-corrected chi connectivity index (χ3v) is 5.35. The van der Waals surface area contributed by atoms with Crippen LogP contribution in [0.2, 0.25) is 5.02 Å². The van der Waals surface area contributed by atoms with E-state index in [9.17, 15) is 0 Å². The van der Waals surface area contributed by atoms with Crippen LogP contribution < -0.4 is 5.32 Å². The molecule has 0 amide bonds. The Morgan fingerprint density at radius 3 is 2.78 bits per heavy atom. The molecule has 0 bridgehead atoms. The van der Waals surface area contributed by atoms with Gasteiger partial charge in [0.2, 0.25) is 0 Å². The van der Waals surface area contributed by atoms with Crippen LogP contribution in [0.1, 0.15) is 38.8 Å². The van der Waals surface area contributed by atoms with E-state index in [2.05, 4.69) is 50.0 Å². The van der Waals surface area contributed by atoms with Gasteiger partial charge in [-0.3, -0.25) is 0 Å². The highest BCUT2D eigenvalue weighted by molar-refractivity contribution is 7.99. The van der Waals surface area contributed by atoms with Crippen molar-refractivity contribution in [1.82, 2.24) is 5.32 Å². The van der Waals surface area contributed by atoms with Gasteiger partial charge in [-0.05, 0) is 36.1 Å². The second-order valence-electron chi connectivity index (χ2n) is 5.78. The van der Waals surface area contributed by atoms with E-state index < -0.39 is 0 Å². The number of hydrogen-bond acceptors (Lipinski definition) is 2. The van der Waals surface area contributed by atoms with E-state index in [0.717, 1.165) is 5.02 Å². The topological polar surface area (TPSA) is 12.0 Å². The van der Waals surface area contributed by atoms with E-state index in [4.69, 9.17) is 11.6 Å². The Morgan fingerprint density at radius 2 is 2.11 bits per heavy atom. The summed E-state index contributed by atoms with van der Waals surface area (Å²) in [6.45, 7) is 6.93. The fourth-order valence-electron chi connectivity index (χ4n) is 2.43. The summed E-state index contributed by atoms with van der Waals surface area (Å²) in [4.78, 5) is 0. The third-order valence-electron chi connectivity index (χ3n) is 3.94. The van der Waals surface area contributed by atoms with Crippen molar-refractivity contribution >= 4 is 23.4 Å². The van der Waals surface area contributed by atoms with Crippen LogP contribution in [0.25, 0.3) is 0 Å². The first kappa shape index (κ1) is 14.2. The molecule has 0 saturated carbocycles. The van der Waals surface area contributed by atoms with Crippen molar-refractivity contribution in [3.8, 4) is 0 Å². The summed E-state index contributed by atoms with van der Waals surface area (Å²) in [5.74, 6) is 2.48. The Hall–Kier alpha value is -0.180. The van der Waals surface area contributed by atoms with Gasteiger partial charge < -0.3 is 5.32 Å². The first-order valence-corrected chi connectivity index (χ1v) is 8.12. The molecule has 1 aliphatic rings. The molecule has 1 unspecified atom stereocenters. The maximum atomic E-state index is 6.26. The molecule has 1 saturated heterocycles. The fourth-order valence-corrected chi connectivity index (χ4v) is 4.35. The summed E-state index contributed by atoms with van der Waals surface area (Å²) >= 11 is 8.31. The van der Waals surface area contributed by atoms with Crippen molar-refractivity contribution in [1.29, 1.82) is 0 Å². The highest BCUT2D eigenvalue weighted by Gasteiger charge is 2.33. The highest BCUT2D eigenvalue weighted by Crippen LogP contribution is 2.35. The number of hydrogen-bond donors (Lipinski definition) is 1. The number of nitrogens with one attached hydrogen (secondary N) is 1. The lowest BCUT2D eigenvalue weighted by atomic mass is 9.81. The molecule has 0 radical (unpaired) electrons. The van der Waals surface area contributed by atoms with E-state index in [1.807, 2.05) is 12.1 Å². The van der Waals surface area contributed by atoms with Crippen molar-refractivity contribution in [2.45, 2.75) is 39.3 Å². The van der Waals surface area contributed by atoms with Crippen LogP contribution in [0.15, 0.2) is 24.3 Å². The Morgan fingerprint density at radius 1 is 1.39 bits per heavy atom. The van der Waals surface area contributed by atoms with E-state index in [0.29, 0.717) is 17.5 Å². The molecule has 18 heavy (non-hydrogen) atoms. The number of benzene rings is 1. The molecule has 1 nitrogen and oxygen atoms in total. The predicted octanol–water partition coefficient (Wildman–Crippen LogP) is 4.52. The summed E-state index contributed by atoms with van der Waals surface area (Å²) in [6.07, 6.45) is 1.28. The van der Waals surface area contributed by atoms with Crippen molar-refractivity contribution in [3.05, 3.63) is 34.9 Å². The minimum absolute atomic E-state index is 0.307. The molecule has 1 aromatic carbocycles. The standard InChI is InChI=1S/C15H22ClNS/c1-11(12-6-4-5-7-13(12)16)17-14-10-18-9-8-15(14,2)3/h4-7,11,14,17H,8-10H2,1-3H3/t11-,14?/m1/s1. The van der Waals surface area contributed by atoms with Gasteiger partial charge in [0, 0.05) is 22.9 Å². The largest absolute Gasteiger partial charge is 0.306 e. The molecular weight excluding hydrogens is 262 g/mol. The maximum absolute atomic E-state index is 6.26. The van der Waals surface area contributed by atoms with Crippen LogP contribution in [-0.2, 0) is 0 Å². The smallest absolute Gasteiger partial charge is 0.0453 e. The van der Waals surface area contributed by atoms with Gasteiger partial charge in [-0.25, -0.2) is 0 Å². The lowest BCUT2D eigenvalue weighted by Crippen LogP contribution is -2.47. The van der Waals surface area contributed by atoms with Crippen LogP contribution in [0.4, 0.5) is 0 Å². The van der Waals surface area contributed by atoms with E-state index >= 15 is 0 Å². The predicted molar refractivity (Wildman–Crippen MR) is 82.5 cm³/mol.